The van der Waals surface area contributed by atoms with Gasteiger partial charge >= 0.3 is 12.2 Å². The van der Waals surface area contributed by atoms with E-state index in [9.17, 15) is 18.0 Å². The first-order chi connectivity index (χ1) is 9.40. The molecule has 0 saturated heterocycles. The van der Waals surface area contributed by atoms with Crippen molar-refractivity contribution in [2.45, 2.75) is 19.1 Å². The van der Waals surface area contributed by atoms with Gasteiger partial charge in [-0.3, -0.25) is 0 Å². The Balaban J connectivity index is 2.35. The molecule has 0 aromatic carbocycles. The second-order valence-electron chi connectivity index (χ2n) is 3.73. The minimum atomic E-state index is -4.42. The van der Waals surface area contributed by atoms with Gasteiger partial charge < -0.3 is 15.7 Å². The summed E-state index contributed by atoms with van der Waals surface area (Å²) in [5.41, 5.74) is 0.746. The summed E-state index contributed by atoms with van der Waals surface area (Å²) in [5.74, 6) is 5.57. The van der Waals surface area contributed by atoms with Gasteiger partial charge in [0.1, 0.15) is 6.54 Å². The van der Waals surface area contributed by atoms with Gasteiger partial charge in [0.25, 0.3) is 0 Å². The van der Waals surface area contributed by atoms with Crippen molar-refractivity contribution in [3.63, 3.8) is 0 Å². The van der Waals surface area contributed by atoms with Gasteiger partial charge in [0, 0.05) is 22.2 Å². The number of thiophene rings is 1. The molecule has 1 rings (SSSR count). The molecule has 0 bridgehead atoms. The lowest BCUT2D eigenvalue weighted by molar-refractivity contribution is -0.122. The molecule has 0 fully saturated rings. The molecule has 0 unspecified atom stereocenters. The largest absolute Gasteiger partial charge is 0.405 e. The lowest BCUT2D eigenvalue weighted by Crippen LogP contribution is -2.40. The fraction of sp³-hybridized carbons (Fsp3) is 0.417. The first-order valence-electron chi connectivity index (χ1n) is 5.66. The monoisotopic (exact) mass is 306 g/mol. The third-order valence-corrected chi connectivity index (χ3v) is 2.93. The average Bonchev–Trinajstić information content (AvgIpc) is 2.81. The van der Waals surface area contributed by atoms with Crippen LogP contribution in [-0.4, -0.2) is 30.5 Å². The van der Waals surface area contributed by atoms with E-state index in [4.69, 9.17) is 5.11 Å². The third-order valence-electron chi connectivity index (χ3n) is 2.00. The Morgan fingerprint density at radius 3 is 2.80 bits per heavy atom. The van der Waals surface area contributed by atoms with Gasteiger partial charge in [-0.15, -0.1) is 11.3 Å². The van der Waals surface area contributed by atoms with E-state index in [0.29, 0.717) is 6.42 Å². The van der Waals surface area contributed by atoms with Crippen molar-refractivity contribution in [1.29, 1.82) is 0 Å². The Hall–Kier alpha value is -1.72. The zero-order valence-corrected chi connectivity index (χ0v) is 11.2. The van der Waals surface area contributed by atoms with Crippen LogP contribution in [0.2, 0.25) is 0 Å². The van der Waals surface area contributed by atoms with Gasteiger partial charge in [-0.05, 0) is 6.07 Å². The number of hydrogen-bond acceptors (Lipinski definition) is 3. The minimum absolute atomic E-state index is 0.00900. The highest BCUT2D eigenvalue weighted by Gasteiger charge is 2.27. The highest BCUT2D eigenvalue weighted by atomic mass is 32.1. The fourth-order valence-corrected chi connectivity index (χ4v) is 1.93. The van der Waals surface area contributed by atoms with Gasteiger partial charge in [-0.2, -0.15) is 13.2 Å². The molecule has 0 radical (unpaired) electrons. The molecule has 0 aliphatic rings. The van der Waals surface area contributed by atoms with Gasteiger partial charge in [-0.1, -0.05) is 11.8 Å². The number of halogens is 3. The highest BCUT2D eigenvalue weighted by molar-refractivity contribution is 7.10. The number of carbonyl (C=O) groups is 1. The standard InChI is InChI=1S/C12H13F3N2O2S/c13-12(14,15)8-17-11(19)16-6-10-5-9(7-20-10)3-1-2-4-18/h5,7,18H,2,4,6,8H2,(H2,16,17,19). The van der Waals surface area contributed by atoms with Gasteiger partial charge in [-0.25, -0.2) is 4.79 Å². The molecule has 1 heterocycles. The second-order valence-corrected chi connectivity index (χ2v) is 4.72. The Kier molecular flexibility index (Phi) is 6.35. The van der Waals surface area contributed by atoms with Crippen molar-refractivity contribution >= 4 is 17.4 Å². The van der Waals surface area contributed by atoms with Crippen molar-refractivity contribution in [3.05, 3.63) is 21.9 Å². The van der Waals surface area contributed by atoms with Crippen LogP contribution in [0.1, 0.15) is 16.9 Å². The predicted octanol–water partition coefficient (Wildman–Crippen LogP) is 1.84. The summed E-state index contributed by atoms with van der Waals surface area (Å²) in [6.45, 7) is -1.23. The van der Waals surface area contributed by atoms with Crippen LogP contribution in [0, 0.1) is 11.8 Å². The van der Waals surface area contributed by atoms with Gasteiger partial charge in [0.2, 0.25) is 0 Å². The summed E-state index contributed by atoms with van der Waals surface area (Å²) in [4.78, 5) is 11.9. The fourth-order valence-electron chi connectivity index (χ4n) is 1.17. The number of aliphatic hydroxyl groups excluding tert-OH is 1. The molecule has 0 spiro atoms. The molecule has 4 nitrogen and oxygen atoms in total. The first kappa shape index (κ1) is 16.3. The second kappa shape index (κ2) is 7.77. The first-order valence-corrected chi connectivity index (χ1v) is 6.54. The van der Waals surface area contributed by atoms with Gasteiger partial charge in [0.15, 0.2) is 0 Å². The minimum Gasteiger partial charge on any atom is -0.395 e. The van der Waals surface area contributed by atoms with Crippen LogP contribution in [0.3, 0.4) is 0 Å². The predicted molar refractivity (Wildman–Crippen MR) is 69.2 cm³/mol. The van der Waals surface area contributed by atoms with Crippen LogP contribution in [0.15, 0.2) is 11.4 Å². The number of hydrogen-bond donors (Lipinski definition) is 3. The number of carbonyl (C=O) groups excluding carboxylic acids is 1. The Labute approximate surface area is 118 Å². The Morgan fingerprint density at radius 2 is 2.15 bits per heavy atom. The van der Waals surface area contributed by atoms with Crippen LogP contribution < -0.4 is 10.6 Å². The summed E-state index contributed by atoms with van der Waals surface area (Å²) >= 11 is 1.34. The quantitative estimate of drug-likeness (QED) is 0.743. The number of nitrogens with one attached hydrogen (secondary N) is 2. The van der Waals surface area contributed by atoms with E-state index in [-0.39, 0.29) is 13.2 Å². The zero-order valence-electron chi connectivity index (χ0n) is 10.4. The zero-order chi connectivity index (χ0) is 15.0. The number of urea groups is 1. The van der Waals surface area contributed by atoms with Crippen molar-refractivity contribution in [2.24, 2.45) is 0 Å². The van der Waals surface area contributed by atoms with Crippen molar-refractivity contribution in [2.75, 3.05) is 13.2 Å². The van der Waals surface area contributed by atoms with Gasteiger partial charge in [0.05, 0.1) is 13.2 Å². The smallest absolute Gasteiger partial charge is 0.395 e. The maximum atomic E-state index is 11.9. The lowest BCUT2D eigenvalue weighted by atomic mass is 10.3. The lowest BCUT2D eigenvalue weighted by Gasteiger charge is -2.08. The molecule has 1 aromatic heterocycles. The Morgan fingerprint density at radius 1 is 1.40 bits per heavy atom. The van der Waals surface area contributed by atoms with E-state index >= 15 is 0 Å². The van der Waals surface area contributed by atoms with E-state index in [1.807, 2.05) is 0 Å². The molecule has 20 heavy (non-hydrogen) atoms. The summed E-state index contributed by atoms with van der Waals surface area (Å²) in [7, 11) is 0. The number of amides is 2. The van der Waals surface area contributed by atoms with Crippen molar-refractivity contribution in [3.8, 4) is 11.8 Å². The van der Waals surface area contributed by atoms with Crippen LogP contribution in [0.5, 0.6) is 0 Å². The van der Waals surface area contributed by atoms with Crippen LogP contribution in [-0.2, 0) is 6.54 Å². The molecule has 2 amide bonds. The molecule has 0 aliphatic carbocycles. The van der Waals surface area contributed by atoms with Crippen LogP contribution in [0.25, 0.3) is 0 Å². The summed E-state index contributed by atoms with van der Waals surface area (Å²) in [6, 6.07) is 0.864. The Bertz CT molecular complexity index is 503. The molecule has 0 atom stereocenters. The van der Waals surface area contributed by atoms with Crippen LogP contribution >= 0.6 is 11.3 Å². The SMILES string of the molecule is O=C(NCc1cc(C#CCCO)cs1)NCC(F)(F)F. The summed E-state index contributed by atoms with van der Waals surface area (Å²) < 4.78 is 35.6. The molecule has 8 heteroatoms. The normalized spacial score (nSPS) is 10.6. The molecule has 0 aliphatic heterocycles. The highest BCUT2D eigenvalue weighted by Crippen LogP contribution is 2.14. The van der Waals surface area contributed by atoms with E-state index in [0.717, 1.165) is 10.4 Å². The van der Waals surface area contributed by atoms with Crippen LogP contribution in [0.4, 0.5) is 18.0 Å². The maximum Gasteiger partial charge on any atom is 0.405 e. The van der Waals surface area contributed by atoms with Crippen molar-refractivity contribution in [1.82, 2.24) is 10.6 Å². The van der Waals surface area contributed by atoms with E-state index in [1.165, 1.54) is 11.3 Å². The molecular weight excluding hydrogens is 293 g/mol. The van der Waals surface area contributed by atoms with E-state index in [2.05, 4.69) is 17.2 Å². The maximum absolute atomic E-state index is 11.9. The van der Waals surface area contributed by atoms with E-state index in [1.54, 1.807) is 16.8 Å². The number of aliphatic hydroxyl groups is 1. The summed E-state index contributed by atoms with van der Waals surface area (Å²) in [6.07, 6.45) is -4.04. The van der Waals surface area contributed by atoms with Crippen molar-refractivity contribution < 1.29 is 23.1 Å². The molecule has 110 valence electrons. The number of rotatable bonds is 4. The molecule has 1 aromatic rings. The topological polar surface area (TPSA) is 61.4 Å². The number of alkyl halides is 3. The average molecular weight is 306 g/mol. The molecular formula is C12H13F3N2O2S. The van der Waals surface area contributed by atoms with E-state index < -0.39 is 18.8 Å². The summed E-state index contributed by atoms with van der Waals surface area (Å²) in [5, 5.41) is 14.4. The third kappa shape index (κ3) is 7.01. The molecule has 0 saturated carbocycles. The molecule has 3 N–H and O–H groups in total.